The topological polar surface area (TPSA) is 177 Å². The van der Waals surface area contributed by atoms with E-state index in [2.05, 4.69) is 21.3 Å². The molecule has 0 unspecified atom stereocenters. The maximum absolute atomic E-state index is 14.9. The second-order valence-electron chi connectivity index (χ2n) is 17.7. The first kappa shape index (κ1) is 52.4. The van der Waals surface area contributed by atoms with Crippen LogP contribution in [0.25, 0.3) is 0 Å². The minimum atomic E-state index is -5.06. The van der Waals surface area contributed by atoms with Gasteiger partial charge in [0.2, 0.25) is 41.4 Å². The Morgan fingerprint density at radius 1 is 0.969 bits per heavy atom. The largest absolute Gasteiger partial charge is 0.403 e. The highest BCUT2D eigenvalue weighted by Crippen LogP contribution is 2.51. The number of hydrogen-bond donors (Lipinski definition) is 4. The molecule has 2 aliphatic heterocycles. The van der Waals surface area contributed by atoms with E-state index in [4.69, 9.17) is 23.2 Å². The van der Waals surface area contributed by atoms with Crippen LogP contribution in [0.15, 0.2) is 18.2 Å². The van der Waals surface area contributed by atoms with Crippen LogP contribution >= 0.6 is 23.2 Å². The highest BCUT2D eigenvalue weighted by atomic mass is 35.5. The Balaban J connectivity index is 1.63. The summed E-state index contributed by atoms with van der Waals surface area (Å²) in [7, 11) is 2.65. The fourth-order valence-corrected chi connectivity index (χ4v) is 9.09. The highest BCUT2D eigenvalue weighted by molar-refractivity contribution is 6.33. The van der Waals surface area contributed by atoms with E-state index >= 15 is 0 Å². The van der Waals surface area contributed by atoms with Crippen LogP contribution in [0, 0.1) is 11.3 Å². The first-order valence-electron chi connectivity index (χ1n) is 21.8. The average molecular weight is 953 g/mol. The number of carbonyl (C=O) groups excluding carboxylic acids is 7. The van der Waals surface area contributed by atoms with Gasteiger partial charge in [0.25, 0.3) is 5.92 Å². The molecule has 3 aliphatic rings. The summed E-state index contributed by atoms with van der Waals surface area (Å²) in [6.07, 6.45) is -6.62. The lowest BCUT2D eigenvalue weighted by molar-refractivity contribution is -0.236. The maximum Gasteiger partial charge on any atom is 0.403 e. The predicted molar refractivity (Wildman–Crippen MR) is 228 cm³/mol. The molecule has 14 nitrogen and oxygen atoms in total. The van der Waals surface area contributed by atoms with E-state index in [1.165, 1.54) is 34.0 Å². The van der Waals surface area contributed by atoms with Gasteiger partial charge in [0, 0.05) is 43.5 Å². The van der Waals surface area contributed by atoms with Gasteiger partial charge >= 0.3 is 6.18 Å². The van der Waals surface area contributed by atoms with Gasteiger partial charge in [-0.25, -0.2) is 8.78 Å². The zero-order chi connectivity index (χ0) is 47.9. The van der Waals surface area contributed by atoms with Crippen LogP contribution in [0.4, 0.5) is 22.0 Å². The molecule has 1 aromatic carbocycles. The lowest BCUT2D eigenvalue weighted by Crippen LogP contribution is -2.61. The number of alkyl halides is 5. The Labute approximate surface area is 380 Å². The van der Waals surface area contributed by atoms with E-state index in [1.807, 2.05) is 13.8 Å². The van der Waals surface area contributed by atoms with Crippen LogP contribution in [0.2, 0.25) is 10.0 Å². The van der Waals surface area contributed by atoms with Gasteiger partial charge in [-0.2, -0.15) is 13.2 Å². The number of benzene rings is 1. The number of carbonyl (C=O) groups is 7. The van der Waals surface area contributed by atoms with Crippen molar-refractivity contribution in [2.24, 2.45) is 11.3 Å². The summed E-state index contributed by atoms with van der Waals surface area (Å²) in [5, 5.41) is 11.1. The first-order valence-corrected chi connectivity index (χ1v) is 22.5. The Morgan fingerprint density at radius 3 is 2.23 bits per heavy atom. The minimum absolute atomic E-state index is 0.00835. The molecule has 0 spiro atoms. The molecule has 6 atom stereocenters. The van der Waals surface area contributed by atoms with Gasteiger partial charge in [-0.05, 0) is 81.5 Å². The van der Waals surface area contributed by atoms with Gasteiger partial charge in [-0.1, -0.05) is 63.2 Å². The number of amides is 7. The molecule has 64 heavy (non-hydrogen) atoms. The molecule has 1 aliphatic carbocycles. The maximum atomic E-state index is 14.9. The van der Waals surface area contributed by atoms with Gasteiger partial charge in [0.1, 0.15) is 41.7 Å². The van der Waals surface area contributed by atoms with Gasteiger partial charge < -0.3 is 36.0 Å². The second-order valence-corrected chi connectivity index (χ2v) is 18.5. The van der Waals surface area contributed by atoms with E-state index in [1.54, 1.807) is 12.1 Å². The number of nitrogens with one attached hydrogen (secondary N) is 4. The van der Waals surface area contributed by atoms with Crippen molar-refractivity contribution in [1.29, 1.82) is 0 Å². The zero-order valence-corrected chi connectivity index (χ0v) is 38.5. The Bertz CT molecular complexity index is 1900. The Hall–Kier alpha value is -4.26. The number of rotatable bonds is 10. The third-order valence-electron chi connectivity index (χ3n) is 12.4. The number of nitrogens with zero attached hydrogens (tertiary/aromatic N) is 3. The normalized spacial score (nSPS) is 25.6. The summed E-state index contributed by atoms with van der Waals surface area (Å²) in [6, 6.07) is -3.67. The van der Waals surface area contributed by atoms with Crippen molar-refractivity contribution in [3.8, 4) is 0 Å². The summed E-state index contributed by atoms with van der Waals surface area (Å²) in [5.74, 6) is -10.2. The van der Waals surface area contributed by atoms with E-state index in [-0.39, 0.29) is 62.4 Å². The van der Waals surface area contributed by atoms with Crippen LogP contribution < -0.4 is 21.3 Å². The smallest absolute Gasteiger partial charge is 0.354 e. The first-order chi connectivity index (χ1) is 29.8. The quantitative estimate of drug-likeness (QED) is 0.234. The molecule has 0 bridgehead atoms. The Kier molecular flexibility index (Phi) is 17.9. The standard InChI is InChI=1S/C43H60Cl2F5N7O7/c1-7-29(53-37(61)33-22-42(46,47)23-57(33)40(64)41(43(48,49)50)16-10-8-11-17-41)38(62)55(5)31-13-9-12-18-51-34(58)25(4)52-36(60)32(21-26-20-27(44)14-15-28(26)45)56(6)39(63)30(19-24(2)3)54-35(31)59/h14-15,20,24-25,29-33H,7-13,16-19,21-23H2,1-6H3,(H,51,58)(H,52,60)(H,53,61)(H,54,59)/t25-,29+,30+,31+,32+,33+/m1/s1. The lowest BCUT2D eigenvalue weighted by Gasteiger charge is -2.41. The zero-order valence-electron chi connectivity index (χ0n) is 37.0. The van der Waals surface area contributed by atoms with E-state index in [0.29, 0.717) is 28.3 Å². The molecule has 358 valence electrons. The van der Waals surface area contributed by atoms with Gasteiger partial charge in [-0.15, -0.1) is 0 Å². The fraction of sp³-hybridized carbons (Fsp3) is 0.698. The number of hydrogen-bond acceptors (Lipinski definition) is 7. The molecule has 4 N–H and O–H groups in total. The second kappa shape index (κ2) is 21.8. The van der Waals surface area contributed by atoms with Crippen molar-refractivity contribution in [3.05, 3.63) is 33.8 Å². The van der Waals surface area contributed by atoms with E-state index in [9.17, 15) is 55.5 Å². The van der Waals surface area contributed by atoms with Crippen molar-refractivity contribution in [3.63, 3.8) is 0 Å². The van der Waals surface area contributed by atoms with Crippen molar-refractivity contribution in [2.45, 2.75) is 153 Å². The van der Waals surface area contributed by atoms with Crippen LogP contribution in [0.3, 0.4) is 0 Å². The van der Waals surface area contributed by atoms with Gasteiger partial charge in [0.05, 0.1) is 6.54 Å². The van der Waals surface area contributed by atoms with Crippen LogP contribution in [0.1, 0.15) is 104 Å². The van der Waals surface area contributed by atoms with Crippen molar-refractivity contribution in [1.82, 2.24) is 36.0 Å². The summed E-state index contributed by atoms with van der Waals surface area (Å²) >= 11 is 12.7. The highest BCUT2D eigenvalue weighted by Gasteiger charge is 2.64. The molecule has 0 aromatic heterocycles. The van der Waals surface area contributed by atoms with Crippen molar-refractivity contribution < 1.29 is 55.5 Å². The predicted octanol–water partition coefficient (Wildman–Crippen LogP) is 5.17. The molecule has 1 aromatic rings. The fourth-order valence-electron chi connectivity index (χ4n) is 8.70. The van der Waals surface area contributed by atoms with Crippen LogP contribution in [-0.2, 0) is 40.0 Å². The number of likely N-dealkylation sites (tertiary alicyclic amines) is 1. The van der Waals surface area contributed by atoms with Crippen molar-refractivity contribution in [2.75, 3.05) is 27.2 Å². The van der Waals surface area contributed by atoms with Gasteiger partial charge in [-0.3, -0.25) is 33.6 Å². The lowest BCUT2D eigenvalue weighted by atomic mass is 9.72. The van der Waals surface area contributed by atoms with Crippen LogP contribution in [-0.4, -0.2) is 132 Å². The number of halogens is 7. The van der Waals surface area contributed by atoms with E-state index in [0.717, 1.165) is 9.80 Å². The molecule has 21 heteroatoms. The van der Waals surface area contributed by atoms with Crippen LogP contribution in [0.5, 0.6) is 0 Å². The molecule has 3 fully saturated rings. The molecule has 1 saturated carbocycles. The molecule has 2 saturated heterocycles. The molecule has 2 heterocycles. The third kappa shape index (κ3) is 12.5. The molecular weight excluding hydrogens is 892 g/mol. The minimum Gasteiger partial charge on any atom is -0.354 e. The number of likely N-dealkylation sites (N-methyl/N-ethyl adjacent to an activating group) is 2. The third-order valence-corrected chi connectivity index (χ3v) is 13.1. The summed E-state index contributed by atoms with van der Waals surface area (Å²) < 4.78 is 73.4. The van der Waals surface area contributed by atoms with Crippen molar-refractivity contribution >= 4 is 64.6 Å². The molecule has 4 rings (SSSR count). The Morgan fingerprint density at radius 2 is 1.62 bits per heavy atom. The summed E-state index contributed by atoms with van der Waals surface area (Å²) in [4.78, 5) is 99.8. The SMILES string of the molecule is CC[C@H](NC(=O)[C@@H]1CC(F)(F)CN1C(=O)C1(C(F)(F)F)CCCCC1)C(=O)N(C)[C@H]1CCCCNC(=O)[C@@H](C)NC(=O)[C@H](Cc2cc(Cl)ccc2Cl)N(C)C(=O)[C@H](CC(C)C)NC1=O. The average Bonchev–Trinajstić information content (AvgIpc) is 3.56. The molecule has 7 amide bonds. The van der Waals surface area contributed by atoms with Gasteiger partial charge in [0.15, 0.2) is 0 Å². The summed E-state index contributed by atoms with van der Waals surface area (Å²) in [6.45, 7) is 5.30. The summed E-state index contributed by atoms with van der Waals surface area (Å²) in [5.41, 5.74) is -2.50. The molecule has 0 radical (unpaired) electrons. The monoisotopic (exact) mass is 951 g/mol. The molecular formula is C43H60Cl2F5N7O7. The van der Waals surface area contributed by atoms with E-state index < -0.39 is 121 Å².